The zero-order chi connectivity index (χ0) is 14.3. The van der Waals surface area contributed by atoms with Crippen LogP contribution in [-0.4, -0.2) is 30.4 Å². The molecule has 1 aromatic carbocycles. The highest BCUT2D eigenvalue weighted by atomic mass is 16.2. The molecule has 1 rings (SSSR count). The van der Waals surface area contributed by atoms with Gasteiger partial charge in [-0.1, -0.05) is 19.9 Å². The minimum atomic E-state index is -0.00236. The van der Waals surface area contributed by atoms with Crippen molar-refractivity contribution in [1.82, 2.24) is 4.90 Å². The molecule has 4 nitrogen and oxygen atoms in total. The average molecular weight is 263 g/mol. The zero-order valence-corrected chi connectivity index (χ0v) is 12.2. The third kappa shape index (κ3) is 5.30. The van der Waals surface area contributed by atoms with E-state index in [9.17, 15) is 4.79 Å². The second-order valence-corrected chi connectivity index (χ2v) is 4.92. The van der Waals surface area contributed by atoms with Gasteiger partial charge in [0, 0.05) is 0 Å². The summed E-state index contributed by atoms with van der Waals surface area (Å²) in [5.41, 5.74) is 8.30. The first-order valence-corrected chi connectivity index (χ1v) is 6.95. The van der Waals surface area contributed by atoms with Crippen molar-refractivity contribution in [3.05, 3.63) is 23.8 Å². The summed E-state index contributed by atoms with van der Waals surface area (Å²) in [5.74, 6) is -0.00236. The lowest BCUT2D eigenvalue weighted by Crippen LogP contribution is -2.34. The van der Waals surface area contributed by atoms with Gasteiger partial charge in [0.2, 0.25) is 5.91 Å². The molecular formula is C15H25N3O. The van der Waals surface area contributed by atoms with Crippen LogP contribution in [0, 0.1) is 6.92 Å². The molecule has 1 amide bonds. The second-order valence-electron chi connectivity index (χ2n) is 4.92. The number of hydrogen-bond donors (Lipinski definition) is 2. The van der Waals surface area contributed by atoms with Crippen molar-refractivity contribution in [2.75, 3.05) is 30.7 Å². The van der Waals surface area contributed by atoms with Gasteiger partial charge in [-0.3, -0.25) is 9.69 Å². The third-order valence-corrected chi connectivity index (χ3v) is 2.93. The quantitative estimate of drug-likeness (QED) is 0.743. The standard InChI is InChI=1S/C15H25N3O/c1-4-8-18(9-5-2)11-15(19)17-14-7-6-12(3)10-13(14)16/h6-7,10H,4-5,8-9,11,16H2,1-3H3,(H,17,19). The molecule has 0 atom stereocenters. The number of aryl methyl sites for hydroxylation is 1. The van der Waals surface area contributed by atoms with E-state index < -0.39 is 0 Å². The average Bonchev–Trinajstić information content (AvgIpc) is 2.33. The summed E-state index contributed by atoms with van der Waals surface area (Å²) in [6.07, 6.45) is 2.11. The molecule has 0 spiro atoms. The van der Waals surface area contributed by atoms with E-state index in [-0.39, 0.29) is 5.91 Å². The van der Waals surface area contributed by atoms with Crippen LogP contribution >= 0.6 is 0 Å². The third-order valence-electron chi connectivity index (χ3n) is 2.93. The monoisotopic (exact) mass is 263 g/mol. The van der Waals surface area contributed by atoms with Crippen molar-refractivity contribution in [3.63, 3.8) is 0 Å². The fourth-order valence-corrected chi connectivity index (χ4v) is 2.09. The van der Waals surface area contributed by atoms with E-state index in [0.29, 0.717) is 17.9 Å². The Hall–Kier alpha value is -1.55. The Morgan fingerprint density at radius 2 is 1.89 bits per heavy atom. The van der Waals surface area contributed by atoms with E-state index in [1.807, 2.05) is 25.1 Å². The van der Waals surface area contributed by atoms with Crippen molar-refractivity contribution in [1.29, 1.82) is 0 Å². The molecule has 4 heteroatoms. The molecule has 0 aliphatic carbocycles. The SMILES string of the molecule is CCCN(CCC)CC(=O)Nc1ccc(C)cc1N. The van der Waals surface area contributed by atoms with E-state index in [1.54, 1.807) is 0 Å². The smallest absolute Gasteiger partial charge is 0.238 e. The molecule has 0 heterocycles. The van der Waals surface area contributed by atoms with Crippen LogP contribution in [0.4, 0.5) is 11.4 Å². The lowest BCUT2D eigenvalue weighted by molar-refractivity contribution is -0.117. The normalized spacial score (nSPS) is 10.7. The maximum Gasteiger partial charge on any atom is 0.238 e. The molecule has 3 N–H and O–H groups in total. The number of rotatable bonds is 7. The number of anilines is 2. The molecule has 0 aliphatic heterocycles. The van der Waals surface area contributed by atoms with Gasteiger partial charge in [0.25, 0.3) is 0 Å². The molecule has 0 saturated carbocycles. The van der Waals surface area contributed by atoms with Crippen LogP contribution < -0.4 is 11.1 Å². The Morgan fingerprint density at radius 1 is 1.26 bits per heavy atom. The van der Waals surface area contributed by atoms with Crippen LogP contribution in [0.2, 0.25) is 0 Å². The van der Waals surface area contributed by atoms with Crippen LogP contribution in [0.15, 0.2) is 18.2 Å². The molecule has 0 aromatic heterocycles. The van der Waals surface area contributed by atoms with E-state index in [2.05, 4.69) is 24.1 Å². The molecule has 1 aromatic rings. The first-order valence-electron chi connectivity index (χ1n) is 6.95. The molecular weight excluding hydrogens is 238 g/mol. The highest BCUT2D eigenvalue weighted by Gasteiger charge is 2.10. The van der Waals surface area contributed by atoms with E-state index >= 15 is 0 Å². The first-order chi connectivity index (χ1) is 9.06. The Labute approximate surface area is 116 Å². The van der Waals surface area contributed by atoms with Gasteiger partial charge in [0.15, 0.2) is 0 Å². The lowest BCUT2D eigenvalue weighted by atomic mass is 10.2. The molecule has 0 fully saturated rings. The van der Waals surface area contributed by atoms with Gasteiger partial charge in [-0.15, -0.1) is 0 Å². The van der Waals surface area contributed by atoms with Crippen LogP contribution in [0.25, 0.3) is 0 Å². The van der Waals surface area contributed by atoms with Gasteiger partial charge in [-0.05, 0) is 50.6 Å². The van der Waals surface area contributed by atoms with Gasteiger partial charge in [-0.2, -0.15) is 0 Å². The Balaban J connectivity index is 2.58. The van der Waals surface area contributed by atoms with E-state index in [0.717, 1.165) is 31.5 Å². The zero-order valence-electron chi connectivity index (χ0n) is 12.2. The first kappa shape index (κ1) is 15.5. The Kier molecular flexibility index (Phi) is 6.36. The molecule has 0 saturated heterocycles. The summed E-state index contributed by atoms with van der Waals surface area (Å²) in [6, 6.07) is 5.67. The fourth-order valence-electron chi connectivity index (χ4n) is 2.09. The van der Waals surface area contributed by atoms with Crippen LogP contribution in [-0.2, 0) is 4.79 Å². The molecule has 0 aliphatic rings. The minimum absolute atomic E-state index is 0.00236. The molecule has 0 radical (unpaired) electrons. The highest BCUT2D eigenvalue weighted by molar-refractivity contribution is 5.95. The predicted molar refractivity (Wildman–Crippen MR) is 81.2 cm³/mol. The van der Waals surface area contributed by atoms with E-state index in [4.69, 9.17) is 5.73 Å². The highest BCUT2D eigenvalue weighted by Crippen LogP contribution is 2.19. The van der Waals surface area contributed by atoms with Crippen LogP contribution in [0.3, 0.4) is 0 Å². The van der Waals surface area contributed by atoms with Crippen LogP contribution in [0.1, 0.15) is 32.3 Å². The summed E-state index contributed by atoms with van der Waals surface area (Å²) < 4.78 is 0. The number of carbonyl (C=O) groups is 1. The maximum absolute atomic E-state index is 12.0. The van der Waals surface area contributed by atoms with Crippen molar-refractivity contribution in [2.24, 2.45) is 0 Å². The molecule has 106 valence electrons. The predicted octanol–water partition coefficient (Wildman–Crippen LogP) is 2.64. The van der Waals surface area contributed by atoms with Crippen molar-refractivity contribution in [3.8, 4) is 0 Å². The summed E-state index contributed by atoms with van der Waals surface area (Å²) in [6.45, 7) is 8.55. The second kappa shape index (κ2) is 7.79. The van der Waals surface area contributed by atoms with Gasteiger partial charge < -0.3 is 11.1 Å². The number of nitrogen functional groups attached to an aromatic ring is 1. The lowest BCUT2D eigenvalue weighted by Gasteiger charge is -2.20. The largest absolute Gasteiger partial charge is 0.397 e. The summed E-state index contributed by atoms with van der Waals surface area (Å²) in [7, 11) is 0. The van der Waals surface area contributed by atoms with Crippen molar-refractivity contribution >= 4 is 17.3 Å². The van der Waals surface area contributed by atoms with Gasteiger partial charge in [0.1, 0.15) is 0 Å². The Morgan fingerprint density at radius 3 is 2.42 bits per heavy atom. The molecule has 0 unspecified atom stereocenters. The molecule has 19 heavy (non-hydrogen) atoms. The topological polar surface area (TPSA) is 58.4 Å². The number of nitrogens with one attached hydrogen (secondary N) is 1. The number of hydrogen-bond acceptors (Lipinski definition) is 3. The minimum Gasteiger partial charge on any atom is -0.397 e. The summed E-state index contributed by atoms with van der Waals surface area (Å²) >= 11 is 0. The van der Waals surface area contributed by atoms with E-state index in [1.165, 1.54) is 0 Å². The summed E-state index contributed by atoms with van der Waals surface area (Å²) in [5, 5.41) is 2.88. The number of nitrogens with zero attached hydrogens (tertiary/aromatic N) is 1. The Bertz CT molecular complexity index is 412. The maximum atomic E-state index is 12.0. The van der Waals surface area contributed by atoms with Crippen molar-refractivity contribution < 1.29 is 4.79 Å². The van der Waals surface area contributed by atoms with Gasteiger partial charge >= 0.3 is 0 Å². The number of amides is 1. The fraction of sp³-hybridized carbons (Fsp3) is 0.533. The summed E-state index contributed by atoms with van der Waals surface area (Å²) in [4.78, 5) is 14.2. The number of nitrogens with two attached hydrogens (primary N) is 1. The van der Waals surface area contributed by atoms with Gasteiger partial charge in [0.05, 0.1) is 17.9 Å². The van der Waals surface area contributed by atoms with Crippen molar-refractivity contribution in [2.45, 2.75) is 33.6 Å². The van der Waals surface area contributed by atoms with Crippen LogP contribution in [0.5, 0.6) is 0 Å². The van der Waals surface area contributed by atoms with Gasteiger partial charge in [-0.25, -0.2) is 0 Å². The number of benzene rings is 1. The number of carbonyl (C=O) groups excluding carboxylic acids is 1. The molecule has 0 bridgehead atoms.